The van der Waals surface area contributed by atoms with Crippen molar-refractivity contribution in [2.75, 3.05) is 31.6 Å². The third kappa shape index (κ3) is 5.98. The minimum atomic E-state index is -0.414. The first kappa shape index (κ1) is 22.5. The maximum Gasteiger partial charge on any atom is 0.339 e. The van der Waals surface area contributed by atoms with Crippen LogP contribution in [0.2, 0.25) is 0 Å². The number of hydrogen-bond donors (Lipinski definition) is 1. The summed E-state index contributed by atoms with van der Waals surface area (Å²) in [5.41, 5.74) is 2.11. The molecule has 3 aromatic rings. The summed E-state index contributed by atoms with van der Waals surface area (Å²) in [6.45, 7) is 0.435. The average Bonchev–Trinajstić information content (AvgIpc) is 3.31. The molecular formula is C25H23NO6S. The SMILES string of the molecule is COc1ccc(CCOC(=O)c2ccccc2SCC(=O)Nc2ccc3c(c2)OCO3)cc1. The maximum absolute atomic E-state index is 12.6. The first-order chi connectivity index (χ1) is 16.1. The molecule has 7 nitrogen and oxygen atoms in total. The lowest BCUT2D eigenvalue weighted by atomic mass is 10.1. The summed E-state index contributed by atoms with van der Waals surface area (Å²) in [5.74, 6) is 1.57. The molecule has 0 spiro atoms. The Morgan fingerprint density at radius 2 is 1.79 bits per heavy atom. The zero-order chi connectivity index (χ0) is 23.0. The summed E-state index contributed by atoms with van der Waals surface area (Å²) in [6.07, 6.45) is 0.600. The van der Waals surface area contributed by atoms with E-state index in [1.165, 1.54) is 11.8 Å². The second kappa shape index (κ2) is 10.8. The number of methoxy groups -OCH3 is 1. The zero-order valence-electron chi connectivity index (χ0n) is 18.0. The van der Waals surface area contributed by atoms with Gasteiger partial charge in [-0.15, -0.1) is 11.8 Å². The Balaban J connectivity index is 1.29. The van der Waals surface area contributed by atoms with E-state index >= 15 is 0 Å². The Hall–Kier alpha value is -3.65. The topological polar surface area (TPSA) is 83.1 Å². The summed E-state index contributed by atoms with van der Waals surface area (Å²) >= 11 is 1.28. The predicted molar refractivity (Wildman–Crippen MR) is 125 cm³/mol. The number of ether oxygens (including phenoxy) is 4. The Labute approximate surface area is 196 Å². The van der Waals surface area contributed by atoms with Crippen LogP contribution in [0, 0.1) is 0 Å². The number of fused-ring (bicyclic) bond motifs is 1. The number of carbonyl (C=O) groups is 2. The van der Waals surface area contributed by atoms with Crippen LogP contribution in [0.4, 0.5) is 5.69 Å². The van der Waals surface area contributed by atoms with Gasteiger partial charge in [0.2, 0.25) is 12.7 Å². The van der Waals surface area contributed by atoms with E-state index in [9.17, 15) is 9.59 Å². The summed E-state index contributed by atoms with van der Waals surface area (Å²) in [5, 5.41) is 2.83. The highest BCUT2D eigenvalue weighted by atomic mass is 32.2. The van der Waals surface area contributed by atoms with Gasteiger partial charge in [0.05, 0.1) is 25.0 Å². The van der Waals surface area contributed by atoms with Crippen molar-refractivity contribution in [3.05, 3.63) is 77.9 Å². The lowest BCUT2D eigenvalue weighted by molar-refractivity contribution is -0.113. The van der Waals surface area contributed by atoms with Gasteiger partial charge in [-0.2, -0.15) is 0 Å². The van der Waals surface area contributed by atoms with Crippen LogP contribution in [0.5, 0.6) is 17.2 Å². The number of rotatable bonds is 9. The van der Waals surface area contributed by atoms with E-state index < -0.39 is 5.97 Å². The van der Waals surface area contributed by atoms with Crippen molar-refractivity contribution in [3.8, 4) is 17.2 Å². The minimum Gasteiger partial charge on any atom is -0.497 e. The van der Waals surface area contributed by atoms with Crippen molar-refractivity contribution in [2.24, 2.45) is 0 Å². The number of thioether (sulfide) groups is 1. The van der Waals surface area contributed by atoms with Crippen molar-refractivity contribution in [1.29, 1.82) is 0 Å². The summed E-state index contributed by atoms with van der Waals surface area (Å²) in [4.78, 5) is 25.7. The second-order valence-electron chi connectivity index (χ2n) is 7.14. The standard InChI is InChI=1S/C25H23NO6S/c1-29-19-9-6-17(7-10-19)12-13-30-25(28)20-4-2-3-5-23(20)33-15-24(27)26-18-8-11-21-22(14-18)32-16-31-21/h2-11,14H,12-13,15-16H2,1H3,(H,26,27). The molecule has 0 unspecified atom stereocenters. The van der Waals surface area contributed by atoms with Crippen LogP contribution < -0.4 is 19.5 Å². The van der Waals surface area contributed by atoms with Crippen molar-refractivity contribution < 1.29 is 28.5 Å². The van der Waals surface area contributed by atoms with Crippen LogP contribution >= 0.6 is 11.8 Å². The molecule has 0 saturated heterocycles. The molecule has 1 N–H and O–H groups in total. The quantitative estimate of drug-likeness (QED) is 0.367. The van der Waals surface area contributed by atoms with Gasteiger partial charge in [0, 0.05) is 23.1 Å². The van der Waals surface area contributed by atoms with Gasteiger partial charge in [0.15, 0.2) is 11.5 Å². The van der Waals surface area contributed by atoms with Crippen molar-refractivity contribution in [3.63, 3.8) is 0 Å². The van der Waals surface area contributed by atoms with E-state index in [2.05, 4.69) is 5.32 Å². The van der Waals surface area contributed by atoms with Crippen LogP contribution in [-0.4, -0.2) is 38.1 Å². The van der Waals surface area contributed by atoms with E-state index in [0.717, 1.165) is 11.3 Å². The highest BCUT2D eigenvalue weighted by Crippen LogP contribution is 2.34. The Bertz CT molecular complexity index is 1130. The van der Waals surface area contributed by atoms with Crippen LogP contribution in [-0.2, 0) is 16.0 Å². The molecule has 0 fully saturated rings. The number of amides is 1. The highest BCUT2D eigenvalue weighted by molar-refractivity contribution is 8.00. The molecule has 0 saturated carbocycles. The monoisotopic (exact) mass is 465 g/mol. The van der Waals surface area contributed by atoms with Gasteiger partial charge in [-0.1, -0.05) is 24.3 Å². The first-order valence-electron chi connectivity index (χ1n) is 10.3. The van der Waals surface area contributed by atoms with Crippen molar-refractivity contribution in [2.45, 2.75) is 11.3 Å². The number of carbonyl (C=O) groups excluding carboxylic acids is 2. The Morgan fingerprint density at radius 1 is 1.00 bits per heavy atom. The number of benzene rings is 3. The lowest BCUT2D eigenvalue weighted by Crippen LogP contribution is -2.14. The Kier molecular flexibility index (Phi) is 7.36. The summed E-state index contributed by atoms with van der Waals surface area (Å²) in [6, 6.07) is 20.0. The van der Waals surface area contributed by atoms with E-state index in [-0.39, 0.29) is 25.1 Å². The third-order valence-corrected chi connectivity index (χ3v) is 5.98. The Morgan fingerprint density at radius 3 is 2.61 bits per heavy atom. The van der Waals surface area contributed by atoms with Gasteiger partial charge < -0.3 is 24.3 Å². The normalized spacial score (nSPS) is 11.7. The number of hydrogen-bond acceptors (Lipinski definition) is 7. The van der Waals surface area contributed by atoms with Crippen LogP contribution in [0.15, 0.2) is 71.6 Å². The molecule has 0 atom stereocenters. The predicted octanol–water partition coefficient (Wildman–Crippen LogP) is 4.55. The van der Waals surface area contributed by atoms with Crippen LogP contribution in [0.3, 0.4) is 0 Å². The third-order valence-electron chi connectivity index (χ3n) is 4.91. The molecule has 170 valence electrons. The van der Waals surface area contributed by atoms with Gasteiger partial charge in [-0.25, -0.2) is 4.79 Å². The maximum atomic E-state index is 12.6. The molecule has 1 aliphatic rings. The molecule has 0 bridgehead atoms. The average molecular weight is 466 g/mol. The molecule has 0 radical (unpaired) electrons. The molecule has 1 heterocycles. The van der Waals surface area contributed by atoms with E-state index in [1.807, 2.05) is 30.3 Å². The number of esters is 1. The second-order valence-corrected chi connectivity index (χ2v) is 8.15. The molecule has 1 amide bonds. The van der Waals surface area contributed by atoms with Gasteiger partial charge in [-0.3, -0.25) is 4.79 Å². The van der Waals surface area contributed by atoms with Gasteiger partial charge >= 0.3 is 5.97 Å². The fourth-order valence-electron chi connectivity index (χ4n) is 3.21. The smallest absolute Gasteiger partial charge is 0.339 e. The molecule has 8 heteroatoms. The molecule has 33 heavy (non-hydrogen) atoms. The molecule has 0 aliphatic carbocycles. The lowest BCUT2D eigenvalue weighted by Gasteiger charge is -2.10. The minimum absolute atomic E-state index is 0.143. The number of nitrogens with one attached hydrogen (secondary N) is 1. The van der Waals surface area contributed by atoms with Gasteiger partial charge in [0.25, 0.3) is 0 Å². The molecule has 4 rings (SSSR count). The first-order valence-corrected chi connectivity index (χ1v) is 11.3. The largest absolute Gasteiger partial charge is 0.497 e. The number of anilines is 1. The van der Waals surface area contributed by atoms with Crippen molar-refractivity contribution in [1.82, 2.24) is 0 Å². The van der Waals surface area contributed by atoms with Crippen molar-refractivity contribution >= 4 is 29.3 Å². The van der Waals surface area contributed by atoms with E-state index in [4.69, 9.17) is 18.9 Å². The fraction of sp³-hybridized carbons (Fsp3) is 0.200. The van der Waals surface area contributed by atoms with Crippen LogP contribution in [0.25, 0.3) is 0 Å². The highest BCUT2D eigenvalue weighted by Gasteiger charge is 2.16. The van der Waals surface area contributed by atoms with Gasteiger partial charge in [-0.05, 0) is 42.0 Å². The molecule has 3 aromatic carbocycles. The molecular weight excluding hydrogens is 442 g/mol. The van der Waals surface area contributed by atoms with E-state index in [0.29, 0.717) is 34.1 Å². The van der Waals surface area contributed by atoms with Gasteiger partial charge in [0.1, 0.15) is 5.75 Å². The molecule has 0 aromatic heterocycles. The van der Waals surface area contributed by atoms with E-state index in [1.54, 1.807) is 43.5 Å². The van der Waals surface area contributed by atoms with Crippen LogP contribution in [0.1, 0.15) is 15.9 Å². The molecule has 1 aliphatic heterocycles. The summed E-state index contributed by atoms with van der Waals surface area (Å²) < 4.78 is 21.2. The fourth-order valence-corrected chi connectivity index (χ4v) is 4.05. The zero-order valence-corrected chi connectivity index (χ0v) is 18.9. The summed E-state index contributed by atoms with van der Waals surface area (Å²) in [7, 11) is 1.62.